The minimum atomic E-state index is -0.481. The van der Waals surface area contributed by atoms with E-state index in [1.54, 1.807) is 11.0 Å². The molecule has 20 heavy (non-hydrogen) atoms. The van der Waals surface area contributed by atoms with E-state index in [1.165, 1.54) is 19.4 Å². The molecule has 8 nitrogen and oxygen atoms in total. The van der Waals surface area contributed by atoms with Crippen molar-refractivity contribution in [3.05, 3.63) is 28.4 Å². The average Bonchev–Trinajstić information content (AvgIpc) is 2.48. The molecule has 108 valence electrons. The fraction of sp³-hybridized carbons (Fsp3) is 0.500. The molecular formula is C12H16N4O4. The summed E-state index contributed by atoms with van der Waals surface area (Å²) < 4.78 is 4.67. The number of hydrogen-bond acceptors (Lipinski definition) is 6. The molecule has 0 bridgehead atoms. The van der Waals surface area contributed by atoms with E-state index in [1.807, 2.05) is 0 Å². The molecule has 1 aliphatic heterocycles. The molecule has 1 aliphatic rings. The summed E-state index contributed by atoms with van der Waals surface area (Å²) in [4.78, 5) is 27.0. The van der Waals surface area contributed by atoms with Gasteiger partial charge in [0.25, 0.3) is 5.69 Å². The number of likely N-dealkylation sites (tertiary alicyclic amines) is 1. The van der Waals surface area contributed by atoms with Crippen LogP contribution in [0.15, 0.2) is 18.3 Å². The van der Waals surface area contributed by atoms with Crippen molar-refractivity contribution >= 4 is 17.6 Å². The highest BCUT2D eigenvalue weighted by Gasteiger charge is 2.23. The molecule has 1 aromatic rings. The summed E-state index contributed by atoms with van der Waals surface area (Å²) in [5, 5.41) is 13.7. The predicted octanol–water partition coefficient (Wildman–Crippen LogP) is 1.63. The van der Waals surface area contributed by atoms with Crippen LogP contribution in [0.25, 0.3) is 0 Å². The van der Waals surface area contributed by atoms with Gasteiger partial charge in [0, 0.05) is 25.2 Å². The Balaban J connectivity index is 1.86. The van der Waals surface area contributed by atoms with E-state index in [-0.39, 0.29) is 17.8 Å². The molecule has 0 radical (unpaired) electrons. The van der Waals surface area contributed by atoms with Crippen molar-refractivity contribution in [3.8, 4) is 0 Å². The van der Waals surface area contributed by atoms with E-state index in [2.05, 4.69) is 15.0 Å². The first kappa shape index (κ1) is 14.0. The maximum atomic E-state index is 11.3. The van der Waals surface area contributed by atoms with Gasteiger partial charge in [0.2, 0.25) is 0 Å². The number of hydrogen-bond donors (Lipinski definition) is 1. The Morgan fingerprint density at radius 1 is 1.50 bits per heavy atom. The predicted molar refractivity (Wildman–Crippen MR) is 71.5 cm³/mol. The van der Waals surface area contributed by atoms with Gasteiger partial charge in [-0.2, -0.15) is 0 Å². The summed E-state index contributed by atoms with van der Waals surface area (Å²) in [5.74, 6) is 0.604. The van der Waals surface area contributed by atoms with Gasteiger partial charge in [0.05, 0.1) is 12.0 Å². The number of nitro groups is 1. The number of nitrogens with zero attached hydrogens (tertiary/aromatic N) is 3. The zero-order valence-electron chi connectivity index (χ0n) is 11.1. The van der Waals surface area contributed by atoms with E-state index in [0.29, 0.717) is 18.9 Å². The fourth-order valence-corrected chi connectivity index (χ4v) is 2.12. The lowest BCUT2D eigenvalue weighted by Crippen LogP contribution is -2.42. The van der Waals surface area contributed by atoms with Gasteiger partial charge < -0.3 is 15.0 Å². The van der Waals surface area contributed by atoms with Crippen molar-refractivity contribution < 1.29 is 14.5 Å². The molecule has 1 amide bonds. The van der Waals surface area contributed by atoms with E-state index in [4.69, 9.17) is 0 Å². The molecule has 0 spiro atoms. The first-order chi connectivity index (χ1) is 9.60. The fourth-order valence-electron chi connectivity index (χ4n) is 2.12. The third kappa shape index (κ3) is 3.34. The van der Waals surface area contributed by atoms with Crippen molar-refractivity contribution in [1.29, 1.82) is 0 Å². The average molecular weight is 280 g/mol. The molecule has 0 aliphatic carbocycles. The first-order valence-corrected chi connectivity index (χ1v) is 6.30. The number of piperidine rings is 1. The van der Waals surface area contributed by atoms with Crippen LogP contribution in [-0.4, -0.2) is 47.1 Å². The Kier molecular flexibility index (Phi) is 4.34. The molecule has 0 atom stereocenters. The third-order valence-electron chi connectivity index (χ3n) is 3.24. The summed E-state index contributed by atoms with van der Waals surface area (Å²) in [7, 11) is 1.37. The second-order valence-electron chi connectivity index (χ2n) is 4.53. The number of anilines is 1. The lowest BCUT2D eigenvalue weighted by molar-refractivity contribution is -0.385. The lowest BCUT2D eigenvalue weighted by Gasteiger charge is -2.31. The minimum absolute atomic E-state index is 0.0314. The van der Waals surface area contributed by atoms with Crippen molar-refractivity contribution in [2.24, 2.45) is 0 Å². The Morgan fingerprint density at radius 3 is 2.70 bits per heavy atom. The topological polar surface area (TPSA) is 97.6 Å². The molecule has 0 aromatic carbocycles. The van der Waals surface area contributed by atoms with Crippen LogP contribution in [0, 0.1) is 10.1 Å². The number of nitrogens with one attached hydrogen (secondary N) is 1. The monoisotopic (exact) mass is 280 g/mol. The smallest absolute Gasteiger partial charge is 0.409 e. The van der Waals surface area contributed by atoms with Crippen molar-refractivity contribution in [3.63, 3.8) is 0 Å². The zero-order valence-corrected chi connectivity index (χ0v) is 11.1. The van der Waals surface area contributed by atoms with Crippen molar-refractivity contribution in [2.45, 2.75) is 18.9 Å². The molecule has 1 aromatic heterocycles. The first-order valence-electron chi connectivity index (χ1n) is 6.30. The van der Waals surface area contributed by atoms with Gasteiger partial charge in [-0.1, -0.05) is 0 Å². The second kappa shape index (κ2) is 6.18. The summed E-state index contributed by atoms with van der Waals surface area (Å²) >= 11 is 0. The molecule has 0 saturated carbocycles. The third-order valence-corrected chi connectivity index (χ3v) is 3.24. The van der Waals surface area contributed by atoms with Crippen LogP contribution >= 0.6 is 0 Å². The molecule has 2 heterocycles. The van der Waals surface area contributed by atoms with E-state index in [9.17, 15) is 14.9 Å². The number of pyridine rings is 1. The highest BCUT2D eigenvalue weighted by atomic mass is 16.6. The molecule has 1 N–H and O–H groups in total. The summed E-state index contributed by atoms with van der Waals surface area (Å²) in [6, 6.07) is 3.20. The highest BCUT2D eigenvalue weighted by Crippen LogP contribution is 2.17. The summed E-state index contributed by atoms with van der Waals surface area (Å²) in [6.45, 7) is 1.24. The van der Waals surface area contributed by atoms with Gasteiger partial charge in [-0.25, -0.2) is 9.78 Å². The maximum absolute atomic E-state index is 11.3. The lowest BCUT2D eigenvalue weighted by atomic mass is 10.1. The van der Waals surface area contributed by atoms with E-state index in [0.717, 1.165) is 12.8 Å². The minimum Gasteiger partial charge on any atom is -0.453 e. The van der Waals surface area contributed by atoms with E-state index < -0.39 is 4.92 Å². The van der Waals surface area contributed by atoms with Crippen molar-refractivity contribution in [1.82, 2.24) is 9.88 Å². The number of carbonyl (C=O) groups excluding carboxylic acids is 1. The normalized spacial score (nSPS) is 15.8. The van der Waals surface area contributed by atoms with Crippen LogP contribution in [0.2, 0.25) is 0 Å². The number of amides is 1. The van der Waals surface area contributed by atoms with Gasteiger partial charge in [-0.15, -0.1) is 0 Å². The Labute approximate surface area is 115 Å². The standard InChI is InChI=1S/C12H16N4O4/c1-20-12(17)15-6-4-9(5-7-15)14-11-3-2-10(8-13-11)16(18)19/h2-3,8-9H,4-7H2,1H3,(H,13,14). The van der Waals surface area contributed by atoms with Crippen LogP contribution in [0.3, 0.4) is 0 Å². The number of carbonyl (C=O) groups is 1. The van der Waals surface area contributed by atoms with Gasteiger partial charge in [0.15, 0.2) is 0 Å². The number of methoxy groups -OCH3 is 1. The van der Waals surface area contributed by atoms with Crippen molar-refractivity contribution in [2.75, 3.05) is 25.5 Å². The Hall–Kier alpha value is -2.38. The summed E-state index contributed by atoms with van der Waals surface area (Å²) in [6.07, 6.45) is 2.49. The molecule has 8 heteroatoms. The van der Waals surface area contributed by atoms with Gasteiger partial charge in [-0.05, 0) is 18.9 Å². The number of rotatable bonds is 3. The molecular weight excluding hydrogens is 264 g/mol. The molecule has 0 unspecified atom stereocenters. The molecule has 2 rings (SSSR count). The van der Waals surface area contributed by atoms with Crippen LogP contribution in [0.4, 0.5) is 16.3 Å². The quantitative estimate of drug-likeness (QED) is 0.667. The second-order valence-corrected chi connectivity index (χ2v) is 4.53. The molecule has 1 saturated heterocycles. The Morgan fingerprint density at radius 2 is 2.20 bits per heavy atom. The molecule has 1 fully saturated rings. The van der Waals surface area contributed by atoms with Crippen LogP contribution in [0.1, 0.15) is 12.8 Å². The van der Waals surface area contributed by atoms with Crippen LogP contribution in [-0.2, 0) is 4.74 Å². The van der Waals surface area contributed by atoms with Gasteiger partial charge >= 0.3 is 6.09 Å². The SMILES string of the molecule is COC(=O)N1CCC(Nc2ccc([N+](=O)[O-])cn2)CC1. The largest absolute Gasteiger partial charge is 0.453 e. The maximum Gasteiger partial charge on any atom is 0.409 e. The van der Waals surface area contributed by atoms with Crippen LogP contribution in [0.5, 0.6) is 0 Å². The zero-order chi connectivity index (χ0) is 14.5. The number of aromatic nitrogens is 1. The number of ether oxygens (including phenoxy) is 1. The van der Waals surface area contributed by atoms with E-state index >= 15 is 0 Å². The van der Waals surface area contributed by atoms with Gasteiger partial charge in [0.1, 0.15) is 12.0 Å². The van der Waals surface area contributed by atoms with Crippen LogP contribution < -0.4 is 5.32 Å². The summed E-state index contributed by atoms with van der Waals surface area (Å²) in [5.41, 5.74) is -0.0314. The Bertz CT molecular complexity index is 483. The highest BCUT2D eigenvalue weighted by molar-refractivity contribution is 5.67. The van der Waals surface area contributed by atoms with Gasteiger partial charge in [-0.3, -0.25) is 10.1 Å².